The number of unbranched alkanes of at least 4 members (excludes halogenated alkanes) is 1. The third-order valence-corrected chi connectivity index (χ3v) is 2.80. The average molecular weight is 247 g/mol. The van der Waals surface area contributed by atoms with Crippen LogP contribution < -0.4 is 14.9 Å². The van der Waals surface area contributed by atoms with Gasteiger partial charge in [0.25, 0.3) is 0 Å². The van der Waals surface area contributed by atoms with E-state index < -0.39 is 0 Å². The smallest absolute Gasteiger partial charge is 0.189 e. The molecule has 1 N–H and O–H groups in total. The number of benzene rings is 1. The van der Waals surface area contributed by atoms with Gasteiger partial charge in [-0.2, -0.15) is 0 Å². The molecule has 4 heteroatoms. The fourth-order valence-corrected chi connectivity index (χ4v) is 1.78. The lowest BCUT2D eigenvalue weighted by Crippen LogP contribution is -2.03. The normalized spacial score (nSPS) is 10.6. The maximum absolute atomic E-state index is 11.7. The van der Waals surface area contributed by atoms with Gasteiger partial charge in [0.2, 0.25) is 0 Å². The fourth-order valence-electron chi connectivity index (χ4n) is 1.78. The molecular formula is C14H17NO3. The van der Waals surface area contributed by atoms with Crippen molar-refractivity contribution in [1.29, 1.82) is 0 Å². The first kappa shape index (κ1) is 12.5. The molecule has 18 heavy (non-hydrogen) atoms. The average Bonchev–Trinajstić information content (AvgIpc) is 2.39. The molecule has 1 aromatic heterocycles. The van der Waals surface area contributed by atoms with E-state index in [9.17, 15) is 4.79 Å². The molecule has 2 rings (SSSR count). The third kappa shape index (κ3) is 2.47. The predicted octanol–water partition coefficient (Wildman–Crippen LogP) is 2.72. The van der Waals surface area contributed by atoms with Gasteiger partial charge in [-0.3, -0.25) is 4.79 Å². The van der Waals surface area contributed by atoms with Gasteiger partial charge < -0.3 is 14.5 Å². The van der Waals surface area contributed by atoms with E-state index >= 15 is 0 Å². The highest BCUT2D eigenvalue weighted by Gasteiger charge is 2.08. The highest BCUT2D eigenvalue weighted by atomic mass is 16.5. The molecule has 0 radical (unpaired) electrons. The van der Waals surface area contributed by atoms with Crippen LogP contribution in [0.1, 0.15) is 19.8 Å². The van der Waals surface area contributed by atoms with Crippen LogP contribution in [0.25, 0.3) is 10.9 Å². The molecule has 0 aliphatic carbocycles. The van der Waals surface area contributed by atoms with E-state index in [4.69, 9.17) is 9.47 Å². The van der Waals surface area contributed by atoms with E-state index in [1.807, 2.05) is 6.07 Å². The molecule has 0 fully saturated rings. The van der Waals surface area contributed by atoms with E-state index in [1.165, 1.54) is 6.07 Å². The molecule has 0 amide bonds. The summed E-state index contributed by atoms with van der Waals surface area (Å²) in [5.41, 5.74) is 0.733. The summed E-state index contributed by atoms with van der Waals surface area (Å²) in [6.45, 7) is 2.76. The summed E-state index contributed by atoms with van der Waals surface area (Å²) in [4.78, 5) is 14.7. The zero-order valence-electron chi connectivity index (χ0n) is 10.7. The molecular weight excluding hydrogens is 230 g/mol. The van der Waals surface area contributed by atoms with Gasteiger partial charge in [0, 0.05) is 23.7 Å². The van der Waals surface area contributed by atoms with Gasteiger partial charge in [-0.1, -0.05) is 13.3 Å². The largest absolute Gasteiger partial charge is 0.493 e. The number of aromatic nitrogens is 1. The summed E-state index contributed by atoms with van der Waals surface area (Å²) in [6.07, 6.45) is 3.70. The first-order valence-electron chi connectivity index (χ1n) is 6.08. The molecule has 0 saturated heterocycles. The molecule has 0 unspecified atom stereocenters. The van der Waals surface area contributed by atoms with Crippen LogP contribution in [-0.4, -0.2) is 18.7 Å². The van der Waals surface area contributed by atoms with Crippen LogP contribution in [0, 0.1) is 0 Å². The topological polar surface area (TPSA) is 51.3 Å². The standard InChI is InChI=1S/C14H17NO3/c1-3-4-7-18-14-9-11-10(8-13(14)17-2)12(16)5-6-15-11/h5-6,8-9H,3-4,7H2,1-2H3,(H,15,16). The van der Waals surface area contributed by atoms with Gasteiger partial charge in [0.05, 0.1) is 19.2 Å². The Hall–Kier alpha value is -1.97. The van der Waals surface area contributed by atoms with Crippen molar-refractivity contribution in [3.8, 4) is 11.5 Å². The van der Waals surface area contributed by atoms with Gasteiger partial charge in [-0.25, -0.2) is 0 Å². The molecule has 0 spiro atoms. The van der Waals surface area contributed by atoms with E-state index in [2.05, 4.69) is 11.9 Å². The van der Waals surface area contributed by atoms with Crippen molar-refractivity contribution in [2.45, 2.75) is 19.8 Å². The Morgan fingerprint density at radius 2 is 2.11 bits per heavy atom. The monoisotopic (exact) mass is 247 g/mol. The second kappa shape index (κ2) is 5.58. The minimum Gasteiger partial charge on any atom is -0.493 e. The summed E-state index contributed by atoms with van der Waals surface area (Å²) < 4.78 is 10.9. The van der Waals surface area contributed by atoms with E-state index in [1.54, 1.807) is 19.4 Å². The maximum atomic E-state index is 11.7. The van der Waals surface area contributed by atoms with Crippen LogP contribution in [0.5, 0.6) is 11.5 Å². The number of pyridine rings is 1. The number of hydrogen-bond donors (Lipinski definition) is 1. The lowest BCUT2D eigenvalue weighted by Gasteiger charge is -2.11. The van der Waals surface area contributed by atoms with Gasteiger partial charge in [-0.15, -0.1) is 0 Å². The molecule has 4 nitrogen and oxygen atoms in total. The summed E-state index contributed by atoms with van der Waals surface area (Å²) in [7, 11) is 1.57. The number of methoxy groups -OCH3 is 1. The van der Waals surface area contributed by atoms with Gasteiger partial charge in [0.1, 0.15) is 0 Å². The molecule has 0 aliphatic rings. The number of fused-ring (bicyclic) bond motifs is 1. The number of nitrogens with one attached hydrogen (secondary N) is 1. The van der Waals surface area contributed by atoms with Crippen molar-refractivity contribution in [2.24, 2.45) is 0 Å². The quantitative estimate of drug-likeness (QED) is 0.826. The maximum Gasteiger partial charge on any atom is 0.189 e. The van der Waals surface area contributed by atoms with Crippen molar-refractivity contribution < 1.29 is 9.47 Å². The van der Waals surface area contributed by atoms with Crippen LogP contribution in [0.3, 0.4) is 0 Å². The molecule has 1 aromatic carbocycles. The van der Waals surface area contributed by atoms with Crippen molar-refractivity contribution in [3.63, 3.8) is 0 Å². The first-order valence-corrected chi connectivity index (χ1v) is 6.08. The van der Waals surface area contributed by atoms with Gasteiger partial charge >= 0.3 is 0 Å². The summed E-state index contributed by atoms with van der Waals surface area (Å²) >= 11 is 0. The minimum atomic E-state index is -0.0258. The van der Waals surface area contributed by atoms with Crippen LogP contribution in [0.2, 0.25) is 0 Å². The Balaban J connectivity index is 2.43. The van der Waals surface area contributed by atoms with E-state index in [-0.39, 0.29) is 5.43 Å². The van der Waals surface area contributed by atoms with Crippen LogP contribution in [-0.2, 0) is 0 Å². The Bertz CT molecular complexity index is 589. The van der Waals surface area contributed by atoms with Gasteiger partial charge in [-0.05, 0) is 12.5 Å². The Labute approximate surface area is 106 Å². The zero-order valence-corrected chi connectivity index (χ0v) is 10.7. The summed E-state index contributed by atoms with van der Waals surface area (Å²) in [6, 6.07) is 5.03. The third-order valence-electron chi connectivity index (χ3n) is 2.80. The molecule has 96 valence electrons. The van der Waals surface area contributed by atoms with Crippen molar-refractivity contribution in [1.82, 2.24) is 4.98 Å². The minimum absolute atomic E-state index is 0.0258. The summed E-state index contributed by atoms with van der Waals surface area (Å²) in [5.74, 6) is 1.26. The van der Waals surface area contributed by atoms with Crippen LogP contribution >= 0.6 is 0 Å². The Morgan fingerprint density at radius 1 is 1.28 bits per heavy atom. The Kier molecular flexibility index (Phi) is 3.87. The molecule has 0 bridgehead atoms. The number of H-pyrrole nitrogens is 1. The van der Waals surface area contributed by atoms with E-state index in [0.29, 0.717) is 23.5 Å². The number of ether oxygens (including phenoxy) is 2. The Morgan fingerprint density at radius 3 is 2.83 bits per heavy atom. The lowest BCUT2D eigenvalue weighted by atomic mass is 10.2. The summed E-state index contributed by atoms with van der Waals surface area (Å²) in [5, 5.41) is 0.609. The first-order chi connectivity index (χ1) is 8.76. The number of rotatable bonds is 5. The zero-order chi connectivity index (χ0) is 13.0. The SMILES string of the molecule is CCCCOc1cc2[nH]ccc(=O)c2cc1OC. The lowest BCUT2D eigenvalue weighted by molar-refractivity contribution is 0.289. The molecule has 0 saturated carbocycles. The van der Waals surface area contributed by atoms with Crippen LogP contribution in [0.4, 0.5) is 0 Å². The number of aromatic amines is 1. The highest BCUT2D eigenvalue weighted by molar-refractivity contribution is 5.82. The highest BCUT2D eigenvalue weighted by Crippen LogP contribution is 2.30. The van der Waals surface area contributed by atoms with Crippen molar-refractivity contribution in [2.75, 3.05) is 13.7 Å². The molecule has 0 atom stereocenters. The molecule has 0 aliphatic heterocycles. The molecule has 2 aromatic rings. The van der Waals surface area contributed by atoms with Crippen LogP contribution in [0.15, 0.2) is 29.2 Å². The second-order valence-corrected chi connectivity index (χ2v) is 4.09. The second-order valence-electron chi connectivity index (χ2n) is 4.09. The fraction of sp³-hybridized carbons (Fsp3) is 0.357. The van der Waals surface area contributed by atoms with Gasteiger partial charge in [0.15, 0.2) is 16.9 Å². The van der Waals surface area contributed by atoms with E-state index in [0.717, 1.165) is 18.4 Å². The molecule has 1 heterocycles. The predicted molar refractivity (Wildman–Crippen MR) is 71.5 cm³/mol. The van der Waals surface area contributed by atoms with Crippen molar-refractivity contribution >= 4 is 10.9 Å². The van der Waals surface area contributed by atoms with Crippen molar-refractivity contribution in [3.05, 3.63) is 34.6 Å². The number of hydrogen-bond acceptors (Lipinski definition) is 3.